The molecule has 1 N–H and O–H groups in total. The molecule has 0 amide bonds. The Morgan fingerprint density at radius 1 is 1.29 bits per heavy atom. The Morgan fingerprint density at radius 2 is 2.17 bits per heavy atom. The Labute approximate surface area is 141 Å². The first kappa shape index (κ1) is 16.5. The van der Waals surface area contributed by atoms with Crippen LogP contribution in [0.25, 0.3) is 12.2 Å². The molecule has 0 aliphatic carbocycles. The van der Waals surface area contributed by atoms with Crippen LogP contribution >= 0.6 is 0 Å². The Bertz CT molecular complexity index is 714. The van der Waals surface area contributed by atoms with Gasteiger partial charge in [-0.1, -0.05) is 5.16 Å². The molecule has 3 rings (SSSR count). The summed E-state index contributed by atoms with van der Waals surface area (Å²) in [5.74, 6) is 2.64. The molecular formula is C17H22N4O3. The van der Waals surface area contributed by atoms with E-state index >= 15 is 0 Å². The maximum atomic E-state index is 5.38. The number of methoxy groups -OCH3 is 2. The molecule has 0 spiro atoms. The zero-order chi connectivity index (χ0) is 16.9. The Hall–Kier alpha value is -2.38. The molecule has 0 saturated carbocycles. The van der Waals surface area contributed by atoms with Crippen molar-refractivity contribution in [1.82, 2.24) is 20.4 Å². The van der Waals surface area contributed by atoms with E-state index in [9.17, 15) is 0 Å². The van der Waals surface area contributed by atoms with Gasteiger partial charge in [0.25, 0.3) is 5.89 Å². The highest BCUT2D eigenvalue weighted by Gasteiger charge is 2.24. The van der Waals surface area contributed by atoms with Crippen molar-refractivity contribution in [3.63, 3.8) is 0 Å². The number of ether oxygens (including phenoxy) is 2. The van der Waals surface area contributed by atoms with Gasteiger partial charge in [0, 0.05) is 37.3 Å². The molecule has 1 aliphatic rings. The monoisotopic (exact) mass is 330 g/mol. The van der Waals surface area contributed by atoms with E-state index in [-0.39, 0.29) is 6.04 Å². The lowest BCUT2D eigenvalue weighted by Gasteiger charge is -2.30. The number of likely N-dealkylation sites (N-methyl/N-ethyl adjacent to an activating group) is 1. The molecule has 24 heavy (non-hydrogen) atoms. The summed E-state index contributed by atoms with van der Waals surface area (Å²) in [7, 11) is 5.32. The number of hydrogen-bond donors (Lipinski definition) is 1. The number of piperazine rings is 1. The molecule has 128 valence electrons. The molecule has 1 aromatic heterocycles. The highest BCUT2D eigenvalue weighted by molar-refractivity contribution is 5.70. The van der Waals surface area contributed by atoms with Gasteiger partial charge in [-0.05, 0) is 25.3 Å². The topological polar surface area (TPSA) is 72.7 Å². The van der Waals surface area contributed by atoms with Gasteiger partial charge in [-0.3, -0.25) is 4.90 Å². The lowest BCUT2D eigenvalue weighted by Crippen LogP contribution is -2.44. The number of hydrogen-bond acceptors (Lipinski definition) is 7. The predicted molar refractivity (Wildman–Crippen MR) is 91.0 cm³/mol. The smallest absolute Gasteiger partial charge is 0.250 e. The lowest BCUT2D eigenvalue weighted by molar-refractivity contribution is 0.190. The van der Waals surface area contributed by atoms with Crippen molar-refractivity contribution >= 4 is 12.2 Å². The van der Waals surface area contributed by atoms with Gasteiger partial charge < -0.3 is 19.3 Å². The van der Waals surface area contributed by atoms with Crippen LogP contribution in [0.2, 0.25) is 0 Å². The van der Waals surface area contributed by atoms with Gasteiger partial charge in [0.1, 0.15) is 11.5 Å². The summed E-state index contributed by atoms with van der Waals surface area (Å²) in [6, 6.07) is 5.77. The average Bonchev–Trinajstić information content (AvgIpc) is 3.09. The van der Waals surface area contributed by atoms with Gasteiger partial charge >= 0.3 is 0 Å². The average molecular weight is 330 g/mol. The second-order valence-corrected chi connectivity index (χ2v) is 5.63. The summed E-state index contributed by atoms with van der Waals surface area (Å²) in [5.41, 5.74) is 0.912. The molecule has 1 aliphatic heterocycles. The van der Waals surface area contributed by atoms with Crippen LogP contribution in [0.15, 0.2) is 22.7 Å². The zero-order valence-corrected chi connectivity index (χ0v) is 14.2. The maximum absolute atomic E-state index is 5.38. The SMILES string of the molecule is COc1ccc(/C=C/c2nc(C3CNCCN3C)no2)c(OC)c1. The van der Waals surface area contributed by atoms with E-state index < -0.39 is 0 Å². The molecule has 1 unspecified atom stereocenters. The van der Waals surface area contributed by atoms with Crippen LogP contribution < -0.4 is 14.8 Å². The van der Waals surface area contributed by atoms with Crippen molar-refractivity contribution in [3.8, 4) is 11.5 Å². The third-order valence-electron chi connectivity index (χ3n) is 4.11. The second kappa shape index (κ2) is 7.46. The van der Waals surface area contributed by atoms with Crippen molar-refractivity contribution in [2.24, 2.45) is 0 Å². The fourth-order valence-corrected chi connectivity index (χ4v) is 2.66. The van der Waals surface area contributed by atoms with E-state index in [1.807, 2.05) is 24.3 Å². The number of nitrogens with zero attached hydrogens (tertiary/aromatic N) is 3. The highest BCUT2D eigenvalue weighted by atomic mass is 16.5. The van der Waals surface area contributed by atoms with Crippen LogP contribution in [0.4, 0.5) is 0 Å². The molecule has 1 saturated heterocycles. The van der Waals surface area contributed by atoms with Crippen molar-refractivity contribution in [2.45, 2.75) is 6.04 Å². The van der Waals surface area contributed by atoms with Crippen LogP contribution in [0.5, 0.6) is 11.5 Å². The van der Waals surface area contributed by atoms with E-state index in [0.717, 1.165) is 36.7 Å². The maximum Gasteiger partial charge on any atom is 0.250 e. The summed E-state index contributed by atoms with van der Waals surface area (Å²) in [5, 5.41) is 7.45. The first-order valence-corrected chi connectivity index (χ1v) is 7.86. The molecule has 7 heteroatoms. The molecule has 2 aromatic rings. The fraction of sp³-hybridized carbons (Fsp3) is 0.412. The van der Waals surface area contributed by atoms with E-state index in [2.05, 4.69) is 27.4 Å². The summed E-state index contributed by atoms with van der Waals surface area (Å²) < 4.78 is 15.9. The summed E-state index contributed by atoms with van der Waals surface area (Å²) in [6.07, 6.45) is 3.68. The number of benzene rings is 1. The normalized spacial score (nSPS) is 18.9. The Balaban J connectivity index is 1.76. The van der Waals surface area contributed by atoms with Crippen molar-refractivity contribution < 1.29 is 14.0 Å². The molecule has 0 radical (unpaired) electrons. The molecular weight excluding hydrogens is 308 g/mol. The van der Waals surface area contributed by atoms with Crippen LogP contribution in [0, 0.1) is 0 Å². The quantitative estimate of drug-likeness (QED) is 0.896. The van der Waals surface area contributed by atoms with Gasteiger partial charge in [-0.2, -0.15) is 4.98 Å². The minimum Gasteiger partial charge on any atom is -0.497 e. The largest absolute Gasteiger partial charge is 0.497 e. The van der Waals surface area contributed by atoms with Gasteiger partial charge in [-0.15, -0.1) is 0 Å². The molecule has 1 aromatic carbocycles. The van der Waals surface area contributed by atoms with Gasteiger partial charge in [0.2, 0.25) is 0 Å². The highest BCUT2D eigenvalue weighted by Crippen LogP contribution is 2.26. The summed E-state index contributed by atoms with van der Waals surface area (Å²) >= 11 is 0. The summed E-state index contributed by atoms with van der Waals surface area (Å²) in [6.45, 7) is 2.77. The van der Waals surface area contributed by atoms with E-state index in [0.29, 0.717) is 11.7 Å². The van der Waals surface area contributed by atoms with E-state index in [1.54, 1.807) is 20.3 Å². The van der Waals surface area contributed by atoms with Crippen LogP contribution in [-0.2, 0) is 0 Å². The lowest BCUT2D eigenvalue weighted by atomic mass is 10.1. The molecule has 1 atom stereocenters. The van der Waals surface area contributed by atoms with Crippen molar-refractivity contribution in [2.75, 3.05) is 40.9 Å². The Morgan fingerprint density at radius 3 is 2.92 bits per heavy atom. The standard InChI is InChI=1S/C17H22N4O3/c1-21-9-8-18-11-14(21)17-19-16(24-20-17)7-5-12-4-6-13(22-2)10-15(12)23-3/h4-7,10,14,18H,8-9,11H2,1-3H3/b7-5+. The molecule has 7 nitrogen and oxygen atoms in total. The predicted octanol–water partition coefficient (Wildman–Crippen LogP) is 1.83. The minimum absolute atomic E-state index is 0.139. The molecule has 2 heterocycles. The molecule has 0 bridgehead atoms. The molecule has 1 fully saturated rings. The van der Waals surface area contributed by atoms with Crippen LogP contribution in [0.3, 0.4) is 0 Å². The van der Waals surface area contributed by atoms with E-state index in [1.165, 1.54) is 0 Å². The second-order valence-electron chi connectivity index (χ2n) is 5.63. The number of rotatable bonds is 5. The van der Waals surface area contributed by atoms with Gasteiger partial charge in [0.15, 0.2) is 5.82 Å². The van der Waals surface area contributed by atoms with Crippen molar-refractivity contribution in [3.05, 3.63) is 35.5 Å². The Kier molecular flexibility index (Phi) is 5.12. The van der Waals surface area contributed by atoms with Crippen LogP contribution in [-0.4, -0.2) is 55.9 Å². The number of aromatic nitrogens is 2. The van der Waals surface area contributed by atoms with Crippen LogP contribution in [0.1, 0.15) is 23.3 Å². The first-order chi connectivity index (χ1) is 11.7. The third-order valence-corrected chi connectivity index (χ3v) is 4.11. The first-order valence-electron chi connectivity index (χ1n) is 7.86. The third kappa shape index (κ3) is 3.58. The fourth-order valence-electron chi connectivity index (χ4n) is 2.66. The van der Waals surface area contributed by atoms with Gasteiger partial charge in [-0.25, -0.2) is 0 Å². The van der Waals surface area contributed by atoms with E-state index in [4.69, 9.17) is 14.0 Å². The zero-order valence-electron chi connectivity index (χ0n) is 14.2. The summed E-state index contributed by atoms with van der Waals surface area (Å²) in [4.78, 5) is 6.70. The minimum atomic E-state index is 0.139. The van der Waals surface area contributed by atoms with Gasteiger partial charge in [0.05, 0.1) is 20.3 Å². The van der Waals surface area contributed by atoms with Crippen molar-refractivity contribution in [1.29, 1.82) is 0 Å². The number of nitrogens with one attached hydrogen (secondary N) is 1.